The molecule has 1 aliphatic rings. The molecule has 1 heterocycles. The van der Waals surface area contributed by atoms with Crippen molar-refractivity contribution in [3.63, 3.8) is 0 Å². The van der Waals surface area contributed by atoms with Crippen LogP contribution in [0.3, 0.4) is 0 Å². The lowest BCUT2D eigenvalue weighted by atomic mass is 10.1. The first-order chi connectivity index (χ1) is 10.2. The van der Waals surface area contributed by atoms with E-state index in [-0.39, 0.29) is 12.6 Å². The van der Waals surface area contributed by atoms with Crippen molar-refractivity contribution < 1.29 is 14.6 Å². The van der Waals surface area contributed by atoms with Crippen LogP contribution in [0.4, 0.5) is 0 Å². The van der Waals surface area contributed by atoms with E-state index in [1.807, 2.05) is 23.1 Å². The molecule has 1 saturated heterocycles. The number of rotatable bonds is 6. The summed E-state index contributed by atoms with van der Waals surface area (Å²) >= 11 is 0. The minimum absolute atomic E-state index is 0.133. The van der Waals surface area contributed by atoms with Gasteiger partial charge in [-0.05, 0) is 12.0 Å². The summed E-state index contributed by atoms with van der Waals surface area (Å²) in [4.78, 5) is 15.3. The summed E-state index contributed by atoms with van der Waals surface area (Å²) in [6.45, 7) is 4.27. The van der Waals surface area contributed by atoms with E-state index >= 15 is 0 Å². The highest BCUT2D eigenvalue weighted by Gasteiger charge is 2.23. The molecule has 116 valence electrons. The Hall–Kier alpha value is -1.43. The fraction of sp³-hybridized carbons (Fsp3) is 0.562. The summed E-state index contributed by atoms with van der Waals surface area (Å²) in [5.41, 5.74) is 1.26. The third-order valence-electron chi connectivity index (χ3n) is 3.93. The summed E-state index contributed by atoms with van der Waals surface area (Å²) < 4.78 is 5.39. The molecule has 2 rings (SSSR count). The van der Waals surface area contributed by atoms with Crippen LogP contribution in [-0.2, 0) is 9.53 Å². The van der Waals surface area contributed by atoms with E-state index in [4.69, 9.17) is 9.84 Å². The number of ether oxygens (including phenoxy) is 1. The van der Waals surface area contributed by atoms with Crippen LogP contribution < -0.4 is 0 Å². The molecule has 5 heteroatoms. The molecule has 0 radical (unpaired) electrons. The number of aliphatic carboxylic acids is 1. The van der Waals surface area contributed by atoms with Crippen molar-refractivity contribution in [3.05, 3.63) is 35.9 Å². The molecule has 1 aromatic carbocycles. The van der Waals surface area contributed by atoms with Crippen molar-refractivity contribution in [2.45, 2.75) is 12.5 Å². The van der Waals surface area contributed by atoms with Crippen molar-refractivity contribution in [3.8, 4) is 0 Å². The second-order valence-electron chi connectivity index (χ2n) is 5.44. The Morgan fingerprint density at radius 2 is 2.00 bits per heavy atom. The number of hydrogen-bond acceptors (Lipinski definition) is 4. The van der Waals surface area contributed by atoms with Gasteiger partial charge in [-0.15, -0.1) is 0 Å². The molecule has 1 aliphatic heterocycles. The average Bonchev–Trinajstić information content (AvgIpc) is 2.71. The van der Waals surface area contributed by atoms with E-state index in [0.717, 1.165) is 32.6 Å². The second-order valence-corrected chi connectivity index (χ2v) is 5.44. The molecular formula is C16H24N2O3. The second kappa shape index (κ2) is 8.12. The first kappa shape index (κ1) is 15.9. The highest BCUT2D eigenvalue weighted by atomic mass is 16.5. The van der Waals surface area contributed by atoms with E-state index < -0.39 is 5.97 Å². The zero-order valence-corrected chi connectivity index (χ0v) is 12.6. The van der Waals surface area contributed by atoms with Crippen LogP contribution in [0.2, 0.25) is 0 Å². The Balaban J connectivity index is 2.02. The number of carbonyl (C=O) groups is 1. The lowest BCUT2D eigenvalue weighted by Crippen LogP contribution is -2.36. The number of hydrogen-bond donors (Lipinski definition) is 1. The summed E-state index contributed by atoms with van der Waals surface area (Å²) in [6, 6.07) is 10.6. The molecule has 0 aliphatic carbocycles. The zero-order valence-electron chi connectivity index (χ0n) is 12.6. The monoisotopic (exact) mass is 292 g/mol. The lowest BCUT2D eigenvalue weighted by molar-refractivity contribution is -0.138. The van der Waals surface area contributed by atoms with Gasteiger partial charge in [-0.25, -0.2) is 0 Å². The summed E-state index contributed by atoms with van der Waals surface area (Å²) in [5, 5.41) is 8.92. The van der Waals surface area contributed by atoms with Gasteiger partial charge in [0.15, 0.2) is 0 Å². The standard InChI is InChI=1S/C16H24N2O3/c1-21-13-15(14-6-3-2-4-7-14)18-9-5-8-17(10-11-18)12-16(19)20/h2-4,6-7,15H,5,8-13H2,1H3,(H,19,20). The van der Waals surface area contributed by atoms with Gasteiger partial charge in [0.2, 0.25) is 0 Å². The topological polar surface area (TPSA) is 53.0 Å². The highest BCUT2D eigenvalue weighted by molar-refractivity contribution is 5.69. The van der Waals surface area contributed by atoms with Gasteiger partial charge in [0, 0.05) is 33.3 Å². The third-order valence-corrected chi connectivity index (χ3v) is 3.93. The Kier molecular flexibility index (Phi) is 6.17. The van der Waals surface area contributed by atoms with E-state index in [9.17, 15) is 4.79 Å². The molecule has 1 N–H and O–H groups in total. The van der Waals surface area contributed by atoms with Crippen molar-refractivity contribution in [1.82, 2.24) is 9.80 Å². The van der Waals surface area contributed by atoms with Gasteiger partial charge in [-0.1, -0.05) is 30.3 Å². The van der Waals surface area contributed by atoms with Gasteiger partial charge in [-0.3, -0.25) is 14.6 Å². The predicted molar refractivity (Wildman–Crippen MR) is 81.3 cm³/mol. The number of methoxy groups -OCH3 is 1. The molecule has 1 atom stereocenters. The van der Waals surface area contributed by atoms with Gasteiger partial charge in [0.1, 0.15) is 0 Å². The van der Waals surface area contributed by atoms with E-state index in [2.05, 4.69) is 17.0 Å². The molecule has 1 aromatic rings. The van der Waals surface area contributed by atoms with E-state index in [1.54, 1.807) is 7.11 Å². The molecule has 5 nitrogen and oxygen atoms in total. The molecule has 0 aromatic heterocycles. The molecular weight excluding hydrogens is 268 g/mol. The van der Waals surface area contributed by atoms with E-state index in [1.165, 1.54) is 5.56 Å². The van der Waals surface area contributed by atoms with Gasteiger partial charge < -0.3 is 9.84 Å². The Labute approximate surface area is 126 Å². The summed E-state index contributed by atoms with van der Waals surface area (Å²) in [6.07, 6.45) is 0.986. The smallest absolute Gasteiger partial charge is 0.317 e. The summed E-state index contributed by atoms with van der Waals surface area (Å²) in [5.74, 6) is -0.750. The van der Waals surface area contributed by atoms with Crippen LogP contribution in [-0.4, -0.2) is 67.3 Å². The zero-order chi connectivity index (χ0) is 15.1. The Morgan fingerprint density at radius 3 is 2.67 bits per heavy atom. The quantitative estimate of drug-likeness (QED) is 0.860. The lowest BCUT2D eigenvalue weighted by Gasteiger charge is -2.30. The largest absolute Gasteiger partial charge is 0.480 e. The SMILES string of the molecule is COCC(c1ccccc1)N1CCCN(CC(=O)O)CC1. The Bertz CT molecular complexity index is 438. The van der Waals surface area contributed by atoms with Crippen LogP contribution in [0.1, 0.15) is 18.0 Å². The predicted octanol–water partition coefficient (Wildman–Crippen LogP) is 1.47. The van der Waals surface area contributed by atoms with Gasteiger partial charge in [0.05, 0.1) is 19.2 Å². The Morgan fingerprint density at radius 1 is 1.24 bits per heavy atom. The molecule has 0 saturated carbocycles. The number of carboxylic acids is 1. The maximum absolute atomic E-state index is 10.8. The number of carboxylic acid groups (broad SMARTS) is 1. The third kappa shape index (κ3) is 4.81. The van der Waals surface area contributed by atoms with Crippen molar-refractivity contribution in [2.24, 2.45) is 0 Å². The van der Waals surface area contributed by atoms with E-state index in [0.29, 0.717) is 6.61 Å². The van der Waals surface area contributed by atoms with Gasteiger partial charge in [0.25, 0.3) is 0 Å². The maximum Gasteiger partial charge on any atom is 0.317 e. The molecule has 21 heavy (non-hydrogen) atoms. The molecule has 0 bridgehead atoms. The molecule has 1 fully saturated rings. The maximum atomic E-state index is 10.8. The average molecular weight is 292 g/mol. The van der Waals surface area contributed by atoms with Gasteiger partial charge in [-0.2, -0.15) is 0 Å². The first-order valence-electron chi connectivity index (χ1n) is 7.43. The highest BCUT2D eigenvalue weighted by Crippen LogP contribution is 2.22. The van der Waals surface area contributed by atoms with Crippen LogP contribution in [0.15, 0.2) is 30.3 Å². The van der Waals surface area contributed by atoms with Gasteiger partial charge >= 0.3 is 5.97 Å². The number of nitrogens with zero attached hydrogens (tertiary/aromatic N) is 2. The van der Waals surface area contributed by atoms with Crippen LogP contribution in [0.5, 0.6) is 0 Å². The fourth-order valence-electron chi connectivity index (χ4n) is 2.90. The minimum Gasteiger partial charge on any atom is -0.480 e. The fourth-order valence-corrected chi connectivity index (χ4v) is 2.90. The first-order valence-corrected chi connectivity index (χ1v) is 7.43. The van der Waals surface area contributed by atoms with Crippen molar-refractivity contribution >= 4 is 5.97 Å². The summed E-state index contributed by atoms with van der Waals surface area (Å²) in [7, 11) is 1.73. The molecule has 0 spiro atoms. The molecule has 1 unspecified atom stereocenters. The molecule has 0 amide bonds. The normalized spacial score (nSPS) is 19.1. The van der Waals surface area contributed by atoms with Crippen LogP contribution in [0, 0.1) is 0 Å². The van der Waals surface area contributed by atoms with Crippen molar-refractivity contribution in [2.75, 3.05) is 46.4 Å². The number of benzene rings is 1. The van der Waals surface area contributed by atoms with Crippen LogP contribution in [0.25, 0.3) is 0 Å². The minimum atomic E-state index is -0.750. The van der Waals surface area contributed by atoms with Crippen molar-refractivity contribution in [1.29, 1.82) is 0 Å². The van der Waals surface area contributed by atoms with Crippen LogP contribution >= 0.6 is 0 Å².